The van der Waals surface area contributed by atoms with Crippen LogP contribution in [0, 0.1) is 5.82 Å². The average Bonchev–Trinajstić information content (AvgIpc) is 2.36. The monoisotopic (exact) mass is 299 g/mol. The summed E-state index contributed by atoms with van der Waals surface area (Å²) in [5, 5.41) is 12.0. The van der Waals surface area contributed by atoms with Crippen molar-refractivity contribution in [1.29, 1.82) is 0 Å². The molecule has 0 atom stereocenters. The number of halogens is 2. The summed E-state index contributed by atoms with van der Waals surface area (Å²) in [6.07, 6.45) is 0. The van der Waals surface area contributed by atoms with Gasteiger partial charge in [0.2, 0.25) is 5.69 Å². The smallest absolute Gasteiger partial charge is 0.362 e. The summed E-state index contributed by atoms with van der Waals surface area (Å²) in [6, 6.07) is 3.00. The Bertz CT molecular complexity index is 827. The third-order valence-electron chi connectivity index (χ3n) is 2.48. The molecule has 0 aliphatic rings. The Morgan fingerprint density at radius 2 is 2.05 bits per heavy atom. The van der Waals surface area contributed by atoms with Gasteiger partial charge < -0.3 is 5.11 Å². The second-order valence-electron chi connectivity index (χ2n) is 3.80. The van der Waals surface area contributed by atoms with Gasteiger partial charge in [-0.15, -0.1) is 0 Å². The van der Waals surface area contributed by atoms with Crippen molar-refractivity contribution >= 4 is 17.6 Å². The quantitative estimate of drug-likeness (QED) is 0.867. The van der Waals surface area contributed by atoms with Crippen LogP contribution in [0.4, 0.5) is 4.39 Å². The maximum Gasteiger partial charge on any atom is 0.362 e. The molecule has 9 heteroatoms. The van der Waals surface area contributed by atoms with Crippen LogP contribution in [-0.4, -0.2) is 25.4 Å². The molecular formula is C11H7ClFN3O4. The number of aromatic nitrogens is 3. The number of rotatable bonds is 2. The van der Waals surface area contributed by atoms with Gasteiger partial charge in [-0.25, -0.2) is 23.2 Å². The van der Waals surface area contributed by atoms with Crippen LogP contribution in [0.15, 0.2) is 27.8 Å². The molecule has 20 heavy (non-hydrogen) atoms. The number of hydrogen-bond donors (Lipinski definition) is 1. The molecule has 1 heterocycles. The van der Waals surface area contributed by atoms with Crippen molar-refractivity contribution in [1.82, 2.24) is 14.3 Å². The van der Waals surface area contributed by atoms with Crippen molar-refractivity contribution in [3.05, 3.63) is 55.6 Å². The zero-order valence-corrected chi connectivity index (χ0v) is 10.8. The van der Waals surface area contributed by atoms with E-state index in [1.54, 1.807) is 0 Å². The number of aryl methyl sites for hydroxylation is 1. The van der Waals surface area contributed by atoms with Crippen molar-refractivity contribution in [2.24, 2.45) is 7.05 Å². The first-order valence-corrected chi connectivity index (χ1v) is 5.60. The number of carboxylic acids is 1. The van der Waals surface area contributed by atoms with Gasteiger partial charge in [0.25, 0.3) is 5.56 Å². The van der Waals surface area contributed by atoms with Gasteiger partial charge in [0.1, 0.15) is 5.82 Å². The van der Waals surface area contributed by atoms with Crippen molar-refractivity contribution in [2.75, 3.05) is 0 Å². The van der Waals surface area contributed by atoms with E-state index in [1.807, 2.05) is 0 Å². The highest BCUT2D eigenvalue weighted by Crippen LogP contribution is 2.18. The number of benzene rings is 1. The second-order valence-corrected chi connectivity index (χ2v) is 4.20. The van der Waals surface area contributed by atoms with E-state index < -0.39 is 28.7 Å². The summed E-state index contributed by atoms with van der Waals surface area (Å²) in [4.78, 5) is 34.8. The van der Waals surface area contributed by atoms with Gasteiger partial charge in [0.05, 0.1) is 10.7 Å². The van der Waals surface area contributed by atoms with E-state index in [0.29, 0.717) is 9.25 Å². The minimum absolute atomic E-state index is 0.122. The highest BCUT2D eigenvalue weighted by molar-refractivity contribution is 6.32. The maximum atomic E-state index is 13.0. The molecule has 1 N–H and O–H groups in total. The molecule has 0 bridgehead atoms. The summed E-state index contributed by atoms with van der Waals surface area (Å²) in [6.45, 7) is 0. The van der Waals surface area contributed by atoms with Gasteiger partial charge in [-0.2, -0.15) is 5.10 Å². The molecule has 0 saturated carbocycles. The SMILES string of the molecule is Cn1nc(C(=O)O)c(=O)n(-c2ccc(F)cc2Cl)c1=O. The van der Waals surface area contributed by atoms with E-state index in [2.05, 4.69) is 5.10 Å². The Kier molecular flexibility index (Phi) is 3.41. The topological polar surface area (TPSA) is 94.2 Å². The van der Waals surface area contributed by atoms with Crippen LogP contribution in [0.5, 0.6) is 0 Å². The summed E-state index contributed by atoms with van der Waals surface area (Å²) in [5.74, 6) is -2.24. The lowest BCUT2D eigenvalue weighted by molar-refractivity contribution is 0.0684. The fourth-order valence-electron chi connectivity index (χ4n) is 1.58. The van der Waals surface area contributed by atoms with Gasteiger partial charge in [0.15, 0.2) is 0 Å². The Morgan fingerprint density at radius 1 is 1.40 bits per heavy atom. The van der Waals surface area contributed by atoms with Crippen LogP contribution in [-0.2, 0) is 7.05 Å². The van der Waals surface area contributed by atoms with Gasteiger partial charge >= 0.3 is 11.7 Å². The molecule has 0 spiro atoms. The molecule has 2 rings (SSSR count). The van der Waals surface area contributed by atoms with E-state index in [1.165, 1.54) is 7.05 Å². The summed E-state index contributed by atoms with van der Waals surface area (Å²) < 4.78 is 14.2. The number of aromatic carboxylic acids is 1. The van der Waals surface area contributed by atoms with Crippen LogP contribution < -0.4 is 11.2 Å². The van der Waals surface area contributed by atoms with Crippen molar-refractivity contribution < 1.29 is 14.3 Å². The van der Waals surface area contributed by atoms with E-state index in [-0.39, 0.29) is 10.7 Å². The van der Waals surface area contributed by atoms with Crippen molar-refractivity contribution in [3.8, 4) is 5.69 Å². The number of nitrogens with zero attached hydrogens (tertiary/aromatic N) is 3. The molecule has 0 saturated heterocycles. The molecular weight excluding hydrogens is 293 g/mol. The highest BCUT2D eigenvalue weighted by atomic mass is 35.5. The van der Waals surface area contributed by atoms with Gasteiger partial charge in [-0.3, -0.25) is 4.79 Å². The molecule has 0 fully saturated rings. The largest absolute Gasteiger partial charge is 0.476 e. The molecule has 2 aromatic rings. The van der Waals surface area contributed by atoms with Gasteiger partial charge in [0, 0.05) is 7.05 Å². The van der Waals surface area contributed by atoms with E-state index >= 15 is 0 Å². The first kappa shape index (κ1) is 13.9. The average molecular weight is 300 g/mol. The first-order chi connectivity index (χ1) is 9.32. The van der Waals surface area contributed by atoms with Gasteiger partial charge in [-0.05, 0) is 18.2 Å². The lowest BCUT2D eigenvalue weighted by atomic mass is 10.3. The number of hydrogen-bond acceptors (Lipinski definition) is 4. The Labute approximate surface area is 115 Å². The van der Waals surface area contributed by atoms with Crippen LogP contribution in [0.2, 0.25) is 5.02 Å². The predicted octanol–water partition coefficient (Wildman–Crippen LogP) is 0.422. The summed E-state index contributed by atoms with van der Waals surface area (Å²) in [5.41, 5.74) is -3.00. The lowest BCUT2D eigenvalue weighted by Gasteiger charge is -2.09. The van der Waals surface area contributed by atoms with E-state index in [4.69, 9.17) is 16.7 Å². The second kappa shape index (κ2) is 4.89. The number of carboxylic acid groups (broad SMARTS) is 1. The van der Waals surface area contributed by atoms with Crippen LogP contribution in [0.1, 0.15) is 10.5 Å². The molecule has 1 aromatic carbocycles. The van der Waals surface area contributed by atoms with Crippen molar-refractivity contribution in [2.45, 2.75) is 0 Å². The predicted molar refractivity (Wildman–Crippen MR) is 67.0 cm³/mol. The molecule has 0 aliphatic heterocycles. The molecule has 0 radical (unpaired) electrons. The zero-order chi connectivity index (χ0) is 15.0. The maximum absolute atomic E-state index is 13.0. The van der Waals surface area contributed by atoms with E-state index in [9.17, 15) is 18.8 Å². The standard InChI is InChI=1S/C11H7ClFN3O4/c1-15-11(20)16(9(17)8(14-15)10(18)19)7-3-2-5(13)4-6(7)12/h2-4H,1H3,(H,18,19). The van der Waals surface area contributed by atoms with Crippen LogP contribution in [0.3, 0.4) is 0 Å². The molecule has 7 nitrogen and oxygen atoms in total. The Morgan fingerprint density at radius 3 is 2.60 bits per heavy atom. The number of carbonyl (C=O) groups is 1. The molecule has 0 unspecified atom stereocenters. The van der Waals surface area contributed by atoms with E-state index in [0.717, 1.165) is 18.2 Å². The van der Waals surface area contributed by atoms with Crippen molar-refractivity contribution in [3.63, 3.8) is 0 Å². The van der Waals surface area contributed by atoms with Crippen LogP contribution >= 0.6 is 11.6 Å². The lowest BCUT2D eigenvalue weighted by Crippen LogP contribution is -2.42. The summed E-state index contributed by atoms with van der Waals surface area (Å²) in [7, 11) is 1.18. The normalized spacial score (nSPS) is 10.6. The zero-order valence-electron chi connectivity index (χ0n) is 10.0. The Balaban J connectivity index is 2.90. The third kappa shape index (κ3) is 2.21. The third-order valence-corrected chi connectivity index (χ3v) is 2.78. The fourth-order valence-corrected chi connectivity index (χ4v) is 1.83. The minimum Gasteiger partial charge on any atom is -0.476 e. The Hall–Kier alpha value is -2.48. The highest BCUT2D eigenvalue weighted by Gasteiger charge is 2.19. The molecule has 104 valence electrons. The molecule has 0 amide bonds. The first-order valence-electron chi connectivity index (χ1n) is 5.22. The molecule has 0 aliphatic carbocycles. The van der Waals surface area contributed by atoms with Gasteiger partial charge in [-0.1, -0.05) is 11.6 Å². The summed E-state index contributed by atoms with van der Waals surface area (Å²) >= 11 is 5.78. The minimum atomic E-state index is -1.59. The van der Waals surface area contributed by atoms with Crippen LogP contribution in [0.25, 0.3) is 5.69 Å². The fraction of sp³-hybridized carbons (Fsp3) is 0.0909. The molecule has 1 aromatic heterocycles.